The summed E-state index contributed by atoms with van der Waals surface area (Å²) in [7, 11) is 0. The van der Waals surface area contributed by atoms with E-state index in [0.29, 0.717) is 0 Å². The molecule has 13 heavy (non-hydrogen) atoms. The van der Waals surface area contributed by atoms with Gasteiger partial charge in [0.05, 0.1) is 11.9 Å². The molecule has 1 heterocycles. The molecule has 72 valence electrons. The molecule has 4 heteroatoms. The lowest BCUT2D eigenvalue weighted by molar-refractivity contribution is 0.846. The Labute approximate surface area is 78.7 Å². The van der Waals surface area contributed by atoms with Gasteiger partial charge in [-0.3, -0.25) is 5.84 Å². The molecule has 0 spiro atoms. The molecule has 0 amide bonds. The van der Waals surface area contributed by atoms with Crippen LogP contribution < -0.4 is 16.2 Å². The van der Waals surface area contributed by atoms with Gasteiger partial charge < -0.3 is 10.3 Å². The summed E-state index contributed by atoms with van der Waals surface area (Å²) in [6, 6.07) is 3.88. The summed E-state index contributed by atoms with van der Waals surface area (Å²) in [6.07, 6.45) is 1.73. The summed E-state index contributed by atoms with van der Waals surface area (Å²) in [4.78, 5) is 6.46. The highest BCUT2D eigenvalue weighted by Crippen LogP contribution is 2.12. The van der Waals surface area contributed by atoms with Crippen molar-refractivity contribution in [3.63, 3.8) is 0 Å². The number of hydrogen-bond acceptors (Lipinski definition) is 4. The third-order valence-electron chi connectivity index (χ3n) is 2.00. The lowest BCUT2D eigenvalue weighted by Gasteiger charge is -2.19. The van der Waals surface area contributed by atoms with Gasteiger partial charge in [-0.2, -0.15) is 0 Å². The maximum Gasteiger partial charge on any atom is 0.128 e. The second kappa shape index (κ2) is 4.67. The molecule has 1 aromatic rings. The van der Waals surface area contributed by atoms with E-state index in [1.54, 1.807) is 6.20 Å². The molecule has 0 aliphatic carbocycles. The van der Waals surface area contributed by atoms with E-state index in [1.165, 1.54) is 0 Å². The number of pyridine rings is 1. The molecule has 1 aromatic heterocycles. The van der Waals surface area contributed by atoms with Crippen LogP contribution in [0.4, 0.5) is 11.5 Å². The Morgan fingerprint density at radius 1 is 1.38 bits per heavy atom. The molecule has 0 saturated heterocycles. The standard InChI is InChI=1S/C9H16N4/c1-3-13(4-2)9-6-5-8(12-10)7-11-9/h5-7,12H,3-4,10H2,1-2H3. The molecule has 4 nitrogen and oxygen atoms in total. The summed E-state index contributed by atoms with van der Waals surface area (Å²) in [6.45, 7) is 6.17. The van der Waals surface area contributed by atoms with E-state index in [-0.39, 0.29) is 0 Å². The highest BCUT2D eigenvalue weighted by molar-refractivity contribution is 5.47. The summed E-state index contributed by atoms with van der Waals surface area (Å²) >= 11 is 0. The highest BCUT2D eigenvalue weighted by Gasteiger charge is 2.01. The first-order chi connectivity index (χ1) is 6.31. The molecule has 0 aliphatic heterocycles. The van der Waals surface area contributed by atoms with Crippen molar-refractivity contribution in [2.45, 2.75) is 13.8 Å². The van der Waals surface area contributed by atoms with Crippen molar-refractivity contribution in [3.05, 3.63) is 18.3 Å². The molecule has 0 atom stereocenters. The lowest BCUT2D eigenvalue weighted by atomic mass is 10.4. The molecule has 0 aromatic carbocycles. The Kier molecular flexibility index (Phi) is 3.52. The van der Waals surface area contributed by atoms with Gasteiger partial charge in [0.25, 0.3) is 0 Å². The third-order valence-corrected chi connectivity index (χ3v) is 2.00. The topological polar surface area (TPSA) is 54.2 Å². The molecular weight excluding hydrogens is 164 g/mol. The Morgan fingerprint density at radius 3 is 2.46 bits per heavy atom. The fourth-order valence-corrected chi connectivity index (χ4v) is 1.21. The van der Waals surface area contributed by atoms with Gasteiger partial charge >= 0.3 is 0 Å². The summed E-state index contributed by atoms with van der Waals surface area (Å²) in [5.41, 5.74) is 3.38. The minimum absolute atomic E-state index is 0.830. The maximum absolute atomic E-state index is 5.24. The van der Waals surface area contributed by atoms with E-state index in [9.17, 15) is 0 Å². The van der Waals surface area contributed by atoms with E-state index < -0.39 is 0 Å². The van der Waals surface area contributed by atoms with Crippen LogP contribution in [0.5, 0.6) is 0 Å². The zero-order valence-corrected chi connectivity index (χ0v) is 8.12. The number of anilines is 2. The predicted octanol–water partition coefficient (Wildman–Crippen LogP) is 1.21. The number of rotatable bonds is 4. The monoisotopic (exact) mass is 180 g/mol. The van der Waals surface area contributed by atoms with Crippen molar-refractivity contribution in [1.82, 2.24) is 4.98 Å². The first-order valence-corrected chi connectivity index (χ1v) is 4.49. The molecule has 0 bridgehead atoms. The molecule has 0 radical (unpaired) electrons. The minimum atomic E-state index is 0.830. The highest BCUT2D eigenvalue weighted by atomic mass is 15.2. The SMILES string of the molecule is CCN(CC)c1ccc(NN)cn1. The normalized spacial score (nSPS) is 9.77. The molecule has 0 aliphatic rings. The van der Waals surface area contributed by atoms with Crippen LogP contribution >= 0.6 is 0 Å². The molecule has 0 saturated carbocycles. The fourth-order valence-electron chi connectivity index (χ4n) is 1.21. The van der Waals surface area contributed by atoms with E-state index in [4.69, 9.17) is 5.84 Å². The minimum Gasteiger partial charge on any atom is -0.357 e. The Balaban J connectivity index is 2.78. The van der Waals surface area contributed by atoms with Gasteiger partial charge in [0.2, 0.25) is 0 Å². The zero-order valence-electron chi connectivity index (χ0n) is 8.12. The van der Waals surface area contributed by atoms with Crippen LogP contribution in [0.2, 0.25) is 0 Å². The van der Waals surface area contributed by atoms with Gasteiger partial charge in [-0.05, 0) is 26.0 Å². The largest absolute Gasteiger partial charge is 0.357 e. The van der Waals surface area contributed by atoms with Crippen molar-refractivity contribution in [2.24, 2.45) is 5.84 Å². The average Bonchev–Trinajstić information content (AvgIpc) is 2.21. The second-order valence-corrected chi connectivity index (χ2v) is 2.72. The molecule has 1 rings (SSSR count). The molecular formula is C9H16N4. The summed E-state index contributed by atoms with van der Waals surface area (Å²) < 4.78 is 0. The number of hydrogen-bond donors (Lipinski definition) is 2. The lowest BCUT2D eigenvalue weighted by Crippen LogP contribution is -2.22. The van der Waals surface area contributed by atoms with Gasteiger partial charge in [-0.25, -0.2) is 4.98 Å². The predicted molar refractivity (Wildman–Crippen MR) is 55.6 cm³/mol. The number of hydrazine groups is 1. The van der Waals surface area contributed by atoms with Crippen LogP contribution in [0.1, 0.15) is 13.8 Å². The summed E-state index contributed by atoms with van der Waals surface area (Å²) in [5, 5.41) is 0. The van der Waals surface area contributed by atoms with Crippen LogP contribution in [-0.2, 0) is 0 Å². The first kappa shape index (κ1) is 9.80. The van der Waals surface area contributed by atoms with Crippen molar-refractivity contribution in [3.8, 4) is 0 Å². The quantitative estimate of drug-likeness (QED) is 0.540. The number of nitrogens with two attached hydrogens (primary N) is 1. The number of aromatic nitrogens is 1. The smallest absolute Gasteiger partial charge is 0.128 e. The van der Waals surface area contributed by atoms with Crippen LogP contribution in [0.3, 0.4) is 0 Å². The van der Waals surface area contributed by atoms with Crippen LogP contribution in [0, 0.1) is 0 Å². The van der Waals surface area contributed by atoms with E-state index >= 15 is 0 Å². The summed E-state index contributed by atoms with van der Waals surface area (Å²) in [5.74, 6) is 6.23. The van der Waals surface area contributed by atoms with Crippen LogP contribution in [0.15, 0.2) is 18.3 Å². The average molecular weight is 180 g/mol. The van der Waals surface area contributed by atoms with Gasteiger partial charge in [-0.15, -0.1) is 0 Å². The Hall–Kier alpha value is -1.29. The number of nitrogens with one attached hydrogen (secondary N) is 1. The maximum atomic E-state index is 5.24. The first-order valence-electron chi connectivity index (χ1n) is 4.49. The number of nitrogen functional groups attached to an aromatic ring is 1. The number of nitrogens with zero attached hydrogens (tertiary/aromatic N) is 2. The zero-order chi connectivity index (χ0) is 9.68. The van der Waals surface area contributed by atoms with Crippen molar-refractivity contribution in [1.29, 1.82) is 0 Å². The molecule has 3 N–H and O–H groups in total. The molecule has 0 unspecified atom stereocenters. The second-order valence-electron chi connectivity index (χ2n) is 2.72. The van der Waals surface area contributed by atoms with Gasteiger partial charge in [0.15, 0.2) is 0 Å². The van der Waals surface area contributed by atoms with Gasteiger partial charge in [0.1, 0.15) is 5.82 Å². The van der Waals surface area contributed by atoms with Crippen molar-refractivity contribution >= 4 is 11.5 Å². The Morgan fingerprint density at radius 2 is 2.08 bits per heavy atom. The van der Waals surface area contributed by atoms with Crippen LogP contribution in [-0.4, -0.2) is 18.1 Å². The van der Waals surface area contributed by atoms with Crippen molar-refractivity contribution < 1.29 is 0 Å². The van der Waals surface area contributed by atoms with E-state index in [2.05, 4.69) is 29.2 Å². The molecule has 0 fully saturated rings. The van der Waals surface area contributed by atoms with E-state index in [0.717, 1.165) is 24.6 Å². The van der Waals surface area contributed by atoms with Crippen LogP contribution in [0.25, 0.3) is 0 Å². The fraction of sp³-hybridized carbons (Fsp3) is 0.444. The van der Waals surface area contributed by atoms with Crippen molar-refractivity contribution in [2.75, 3.05) is 23.4 Å². The van der Waals surface area contributed by atoms with Gasteiger partial charge in [0, 0.05) is 13.1 Å². The van der Waals surface area contributed by atoms with Gasteiger partial charge in [-0.1, -0.05) is 0 Å². The van der Waals surface area contributed by atoms with E-state index in [1.807, 2.05) is 12.1 Å². The third kappa shape index (κ3) is 2.32. The Bertz CT molecular complexity index is 240.